The smallest absolute Gasteiger partial charge is 0.407 e. The highest BCUT2D eigenvalue weighted by Gasteiger charge is 2.21. The number of alkyl carbamates (subject to hydrolysis) is 1. The van der Waals surface area contributed by atoms with E-state index >= 15 is 0 Å². The lowest BCUT2D eigenvalue weighted by Gasteiger charge is -2.19. The Bertz CT molecular complexity index is 1260. The number of rotatable bonds is 11. The third-order valence-electron chi connectivity index (χ3n) is 4.91. The van der Waals surface area contributed by atoms with Crippen LogP contribution in [0.5, 0.6) is 5.88 Å². The van der Waals surface area contributed by atoms with Crippen LogP contribution in [0.2, 0.25) is 0 Å². The summed E-state index contributed by atoms with van der Waals surface area (Å²) in [5.41, 5.74) is 0.233. The summed E-state index contributed by atoms with van der Waals surface area (Å²) in [6, 6.07) is 3.34. The minimum atomic E-state index is -0.677. The Hall–Kier alpha value is -4.42. The van der Waals surface area contributed by atoms with Crippen LogP contribution in [0.15, 0.2) is 35.2 Å². The van der Waals surface area contributed by atoms with Crippen molar-refractivity contribution in [3.05, 3.63) is 42.2 Å². The fourth-order valence-electron chi connectivity index (χ4n) is 3.23. The predicted molar refractivity (Wildman–Crippen MR) is 136 cm³/mol. The van der Waals surface area contributed by atoms with Crippen LogP contribution in [-0.2, 0) is 16.5 Å². The molecule has 0 saturated carbocycles. The number of aromatic nitrogens is 4. The Morgan fingerprint density at radius 2 is 1.95 bits per heavy atom. The Balaban J connectivity index is 1.48. The summed E-state index contributed by atoms with van der Waals surface area (Å²) in [6.45, 7) is 6.41. The van der Waals surface area contributed by atoms with Crippen molar-refractivity contribution in [2.75, 3.05) is 25.6 Å². The molecule has 2 N–H and O–H groups in total. The van der Waals surface area contributed by atoms with Crippen molar-refractivity contribution in [3.8, 4) is 17.3 Å². The summed E-state index contributed by atoms with van der Waals surface area (Å²) in [7, 11) is 2.84. The van der Waals surface area contributed by atoms with E-state index in [1.165, 1.54) is 24.3 Å². The highest BCUT2D eigenvalue weighted by Crippen LogP contribution is 2.23. The first-order chi connectivity index (χ1) is 18.1. The molecule has 2 amide bonds. The van der Waals surface area contributed by atoms with E-state index < -0.39 is 23.6 Å². The van der Waals surface area contributed by atoms with E-state index in [-0.39, 0.29) is 23.0 Å². The molecule has 204 valence electrons. The van der Waals surface area contributed by atoms with Gasteiger partial charge >= 0.3 is 12.1 Å². The average Bonchev–Trinajstić information content (AvgIpc) is 3.49. The SMILES string of the molecule is COC(=O)c1nn(C)cc1NC(=O)c1coc(-c2ccnc(OCCCCCNC(=O)OC(C)(C)C)c2)n1. The van der Waals surface area contributed by atoms with E-state index in [1.807, 2.05) is 20.8 Å². The highest BCUT2D eigenvalue weighted by molar-refractivity contribution is 6.06. The second kappa shape index (κ2) is 12.7. The number of anilines is 1. The van der Waals surface area contributed by atoms with Crippen LogP contribution in [0.3, 0.4) is 0 Å². The van der Waals surface area contributed by atoms with Gasteiger partial charge in [0.1, 0.15) is 11.9 Å². The number of carbonyl (C=O) groups excluding carboxylic acids is 3. The summed E-state index contributed by atoms with van der Waals surface area (Å²) in [6.07, 6.45) is 6.23. The van der Waals surface area contributed by atoms with Crippen LogP contribution in [0.4, 0.5) is 10.5 Å². The molecular weight excluding hydrogens is 496 g/mol. The van der Waals surface area contributed by atoms with Gasteiger partial charge in [0.05, 0.1) is 19.4 Å². The molecule has 38 heavy (non-hydrogen) atoms. The van der Waals surface area contributed by atoms with Crippen LogP contribution >= 0.6 is 0 Å². The normalized spacial score (nSPS) is 11.1. The molecule has 0 fully saturated rings. The molecule has 0 spiro atoms. The quantitative estimate of drug-likeness (QED) is 0.278. The van der Waals surface area contributed by atoms with Gasteiger partial charge in [0.2, 0.25) is 11.8 Å². The molecule has 0 bridgehead atoms. The van der Waals surface area contributed by atoms with Crippen LogP contribution in [0.25, 0.3) is 11.5 Å². The Morgan fingerprint density at radius 3 is 2.68 bits per heavy atom. The van der Waals surface area contributed by atoms with Gasteiger partial charge in [0.25, 0.3) is 5.91 Å². The molecule has 0 saturated heterocycles. The average molecular weight is 529 g/mol. The summed E-state index contributed by atoms with van der Waals surface area (Å²) >= 11 is 0. The Labute approximate surface area is 219 Å². The first-order valence-electron chi connectivity index (χ1n) is 12.0. The number of methoxy groups -OCH3 is 1. The minimum Gasteiger partial charge on any atom is -0.478 e. The van der Waals surface area contributed by atoms with Gasteiger partial charge in [-0.25, -0.2) is 19.6 Å². The molecular formula is C25H32N6O7. The molecule has 3 aromatic rings. The lowest BCUT2D eigenvalue weighted by Crippen LogP contribution is -2.33. The van der Waals surface area contributed by atoms with Crippen LogP contribution in [0.1, 0.15) is 61.0 Å². The molecule has 0 radical (unpaired) electrons. The van der Waals surface area contributed by atoms with Crippen molar-refractivity contribution in [3.63, 3.8) is 0 Å². The molecule has 0 unspecified atom stereocenters. The molecule has 0 aliphatic heterocycles. The lowest BCUT2D eigenvalue weighted by atomic mass is 10.2. The summed E-state index contributed by atoms with van der Waals surface area (Å²) < 4.78 is 22.5. The predicted octanol–water partition coefficient (Wildman–Crippen LogP) is 3.58. The third-order valence-corrected chi connectivity index (χ3v) is 4.91. The number of aryl methyl sites for hydroxylation is 1. The number of oxazole rings is 1. The molecule has 0 atom stereocenters. The molecule has 13 nitrogen and oxygen atoms in total. The van der Waals surface area contributed by atoms with E-state index in [9.17, 15) is 14.4 Å². The molecule has 0 aliphatic rings. The molecule has 0 aliphatic carbocycles. The van der Waals surface area contributed by atoms with Gasteiger partial charge in [-0.15, -0.1) is 0 Å². The van der Waals surface area contributed by atoms with Gasteiger partial charge in [0.15, 0.2) is 11.4 Å². The van der Waals surface area contributed by atoms with Crippen molar-refractivity contribution in [1.82, 2.24) is 25.1 Å². The fraction of sp³-hybridized carbons (Fsp3) is 0.440. The summed E-state index contributed by atoms with van der Waals surface area (Å²) in [5.74, 6) is -0.667. The van der Waals surface area contributed by atoms with Crippen molar-refractivity contribution < 1.29 is 33.0 Å². The number of hydrogen-bond acceptors (Lipinski definition) is 10. The summed E-state index contributed by atoms with van der Waals surface area (Å²) in [4.78, 5) is 44.6. The van der Waals surface area contributed by atoms with E-state index in [2.05, 4.69) is 30.4 Å². The standard InChI is InChI=1S/C25H32N6O7/c1-25(2,3)38-24(34)27-10-7-6-8-12-36-19-13-16(9-11-26-19)22-29-18(15-37-22)21(32)28-17-14-31(4)30-20(17)23(33)35-5/h9,11,13-15H,6-8,10,12H2,1-5H3,(H,27,34)(H,28,32). The summed E-state index contributed by atoms with van der Waals surface area (Å²) in [5, 5.41) is 9.31. The number of carbonyl (C=O) groups is 3. The molecule has 0 aromatic carbocycles. The van der Waals surface area contributed by atoms with Crippen molar-refractivity contribution in [2.45, 2.75) is 45.6 Å². The topological polar surface area (TPSA) is 160 Å². The van der Waals surface area contributed by atoms with Crippen molar-refractivity contribution in [2.24, 2.45) is 7.05 Å². The van der Waals surface area contributed by atoms with E-state index in [0.29, 0.717) is 24.6 Å². The molecule has 3 heterocycles. The highest BCUT2D eigenvalue weighted by atomic mass is 16.6. The fourth-order valence-corrected chi connectivity index (χ4v) is 3.23. The van der Waals surface area contributed by atoms with Gasteiger partial charge in [0, 0.05) is 37.6 Å². The maximum absolute atomic E-state index is 12.7. The van der Waals surface area contributed by atoms with Crippen LogP contribution in [0, 0.1) is 0 Å². The van der Waals surface area contributed by atoms with E-state index in [1.54, 1.807) is 25.4 Å². The Morgan fingerprint density at radius 1 is 1.16 bits per heavy atom. The number of amides is 2. The zero-order chi connectivity index (χ0) is 27.7. The third kappa shape index (κ3) is 8.32. The Kier molecular flexibility index (Phi) is 9.41. The minimum absolute atomic E-state index is 0.0129. The number of unbranched alkanes of at least 4 members (excludes halogenated alkanes) is 2. The van der Waals surface area contributed by atoms with Crippen LogP contribution < -0.4 is 15.4 Å². The number of ether oxygens (including phenoxy) is 3. The zero-order valence-corrected chi connectivity index (χ0v) is 22.1. The van der Waals surface area contributed by atoms with Gasteiger partial charge in [-0.2, -0.15) is 5.10 Å². The maximum atomic E-state index is 12.7. The second-order valence-corrected chi connectivity index (χ2v) is 9.27. The van der Waals surface area contributed by atoms with E-state index in [4.69, 9.17) is 13.9 Å². The number of esters is 1. The van der Waals surface area contributed by atoms with E-state index in [0.717, 1.165) is 19.3 Å². The zero-order valence-electron chi connectivity index (χ0n) is 22.1. The van der Waals surface area contributed by atoms with Crippen LogP contribution in [-0.4, -0.2) is 63.6 Å². The number of pyridine rings is 1. The first-order valence-corrected chi connectivity index (χ1v) is 12.0. The largest absolute Gasteiger partial charge is 0.478 e. The van der Waals surface area contributed by atoms with Gasteiger partial charge in [-0.05, 0) is 46.1 Å². The first kappa shape index (κ1) is 28.2. The second-order valence-electron chi connectivity index (χ2n) is 9.27. The molecule has 3 rings (SSSR count). The van der Waals surface area contributed by atoms with Gasteiger partial charge in [-0.3, -0.25) is 9.48 Å². The monoisotopic (exact) mass is 528 g/mol. The van der Waals surface area contributed by atoms with Crippen molar-refractivity contribution in [1.29, 1.82) is 0 Å². The number of nitrogens with one attached hydrogen (secondary N) is 2. The lowest BCUT2D eigenvalue weighted by molar-refractivity contribution is 0.0525. The van der Waals surface area contributed by atoms with Gasteiger partial charge < -0.3 is 29.3 Å². The molecule has 3 aromatic heterocycles. The van der Waals surface area contributed by atoms with Gasteiger partial charge in [-0.1, -0.05) is 0 Å². The van der Waals surface area contributed by atoms with Crippen molar-refractivity contribution >= 4 is 23.7 Å². The number of hydrogen-bond donors (Lipinski definition) is 2. The molecule has 13 heteroatoms. The maximum Gasteiger partial charge on any atom is 0.407 e. The number of nitrogens with zero attached hydrogens (tertiary/aromatic N) is 4.